The summed E-state index contributed by atoms with van der Waals surface area (Å²) in [5.74, 6) is 0.937. The standard InChI is InChI=1S/C16H21N3O/c1-12-9-18-15(13(2)16(12)20-4)11-19(3)10-14-5-7-17-8-6-14/h5-9H,10-11H2,1-4H3. The summed E-state index contributed by atoms with van der Waals surface area (Å²) < 4.78 is 5.45. The quantitative estimate of drug-likeness (QED) is 0.838. The highest BCUT2D eigenvalue weighted by atomic mass is 16.5. The van der Waals surface area contributed by atoms with Crippen LogP contribution in [0.25, 0.3) is 0 Å². The lowest BCUT2D eigenvalue weighted by Crippen LogP contribution is -2.19. The maximum atomic E-state index is 5.45. The van der Waals surface area contributed by atoms with Gasteiger partial charge in [-0.15, -0.1) is 0 Å². The van der Waals surface area contributed by atoms with Crippen LogP contribution in [0.15, 0.2) is 30.7 Å². The molecule has 0 radical (unpaired) electrons. The fraction of sp³-hybridized carbons (Fsp3) is 0.375. The molecule has 4 nitrogen and oxygen atoms in total. The largest absolute Gasteiger partial charge is 0.496 e. The molecule has 2 aromatic rings. The van der Waals surface area contributed by atoms with Crippen LogP contribution >= 0.6 is 0 Å². The summed E-state index contributed by atoms with van der Waals surface area (Å²) in [6.07, 6.45) is 5.52. The van der Waals surface area contributed by atoms with E-state index in [9.17, 15) is 0 Å². The van der Waals surface area contributed by atoms with Gasteiger partial charge >= 0.3 is 0 Å². The first-order valence-electron chi connectivity index (χ1n) is 6.68. The van der Waals surface area contributed by atoms with E-state index in [-0.39, 0.29) is 0 Å². The Kier molecular flexibility index (Phi) is 4.69. The molecule has 0 aliphatic rings. The molecule has 106 valence electrons. The van der Waals surface area contributed by atoms with Crippen LogP contribution in [-0.4, -0.2) is 29.0 Å². The molecule has 2 rings (SSSR count). The second-order valence-electron chi connectivity index (χ2n) is 5.07. The van der Waals surface area contributed by atoms with Gasteiger partial charge < -0.3 is 4.74 Å². The average Bonchev–Trinajstić information content (AvgIpc) is 2.44. The Hall–Kier alpha value is -1.94. The molecule has 0 bridgehead atoms. The molecule has 0 spiro atoms. The van der Waals surface area contributed by atoms with E-state index in [0.717, 1.165) is 35.7 Å². The molecule has 4 heteroatoms. The second kappa shape index (κ2) is 6.48. The molecule has 0 saturated carbocycles. The average molecular weight is 271 g/mol. The first kappa shape index (κ1) is 14.5. The molecule has 0 fully saturated rings. The predicted molar refractivity (Wildman–Crippen MR) is 79.7 cm³/mol. The number of ether oxygens (including phenoxy) is 1. The number of rotatable bonds is 5. The third-order valence-corrected chi connectivity index (χ3v) is 3.37. The van der Waals surface area contributed by atoms with Gasteiger partial charge in [-0.3, -0.25) is 14.9 Å². The summed E-state index contributed by atoms with van der Waals surface area (Å²) in [4.78, 5) is 10.8. The van der Waals surface area contributed by atoms with Crippen LogP contribution in [0.4, 0.5) is 0 Å². The molecule has 0 unspecified atom stereocenters. The van der Waals surface area contributed by atoms with Crippen LogP contribution in [0.1, 0.15) is 22.4 Å². The van der Waals surface area contributed by atoms with E-state index in [1.165, 1.54) is 5.56 Å². The Labute approximate surface area is 120 Å². The van der Waals surface area contributed by atoms with Gasteiger partial charge in [0.15, 0.2) is 0 Å². The van der Waals surface area contributed by atoms with Crippen molar-refractivity contribution in [2.75, 3.05) is 14.2 Å². The molecule has 0 aliphatic heterocycles. The lowest BCUT2D eigenvalue weighted by molar-refractivity contribution is 0.312. The molecule has 0 atom stereocenters. The molecule has 20 heavy (non-hydrogen) atoms. The first-order valence-corrected chi connectivity index (χ1v) is 6.68. The van der Waals surface area contributed by atoms with Gasteiger partial charge in [-0.2, -0.15) is 0 Å². The highest BCUT2D eigenvalue weighted by Crippen LogP contribution is 2.24. The highest BCUT2D eigenvalue weighted by Gasteiger charge is 2.11. The van der Waals surface area contributed by atoms with Crippen molar-refractivity contribution in [1.29, 1.82) is 0 Å². The van der Waals surface area contributed by atoms with E-state index in [2.05, 4.69) is 28.8 Å². The molecule has 2 heterocycles. The van der Waals surface area contributed by atoms with Crippen LogP contribution in [0.2, 0.25) is 0 Å². The summed E-state index contributed by atoms with van der Waals surface area (Å²) in [6.45, 7) is 5.75. The van der Waals surface area contributed by atoms with Crippen molar-refractivity contribution >= 4 is 0 Å². The number of aromatic nitrogens is 2. The number of methoxy groups -OCH3 is 1. The first-order chi connectivity index (χ1) is 9.61. The number of aryl methyl sites for hydroxylation is 1. The lowest BCUT2D eigenvalue weighted by Gasteiger charge is -2.19. The molecule has 0 amide bonds. The lowest BCUT2D eigenvalue weighted by atomic mass is 10.1. The van der Waals surface area contributed by atoms with Gasteiger partial charge in [-0.05, 0) is 38.6 Å². The van der Waals surface area contributed by atoms with Crippen molar-refractivity contribution in [2.24, 2.45) is 0 Å². The van der Waals surface area contributed by atoms with Gasteiger partial charge in [0.1, 0.15) is 5.75 Å². The van der Waals surface area contributed by atoms with Crippen molar-refractivity contribution < 1.29 is 4.74 Å². The SMILES string of the molecule is COc1c(C)cnc(CN(C)Cc2ccncc2)c1C. The summed E-state index contributed by atoms with van der Waals surface area (Å²) in [6, 6.07) is 4.07. The second-order valence-corrected chi connectivity index (χ2v) is 5.07. The van der Waals surface area contributed by atoms with Crippen molar-refractivity contribution in [3.8, 4) is 5.75 Å². The van der Waals surface area contributed by atoms with Gasteiger partial charge in [-0.1, -0.05) is 0 Å². The molecule has 0 aromatic carbocycles. The highest BCUT2D eigenvalue weighted by molar-refractivity contribution is 5.41. The minimum Gasteiger partial charge on any atom is -0.496 e. The van der Waals surface area contributed by atoms with E-state index in [0.29, 0.717) is 0 Å². The van der Waals surface area contributed by atoms with Crippen LogP contribution < -0.4 is 4.74 Å². The van der Waals surface area contributed by atoms with Crippen LogP contribution in [-0.2, 0) is 13.1 Å². The van der Waals surface area contributed by atoms with Gasteiger partial charge in [0.05, 0.1) is 12.8 Å². The van der Waals surface area contributed by atoms with E-state index < -0.39 is 0 Å². The monoisotopic (exact) mass is 271 g/mol. The van der Waals surface area contributed by atoms with Gasteiger partial charge in [0.25, 0.3) is 0 Å². The topological polar surface area (TPSA) is 38.2 Å². The zero-order valence-electron chi connectivity index (χ0n) is 12.6. The Bertz CT molecular complexity index is 569. The van der Waals surface area contributed by atoms with Gasteiger partial charge in [-0.25, -0.2) is 0 Å². The molecule has 0 saturated heterocycles. The Morgan fingerprint density at radius 3 is 2.50 bits per heavy atom. The third kappa shape index (κ3) is 3.33. The van der Waals surface area contributed by atoms with Crippen LogP contribution in [0.5, 0.6) is 5.75 Å². The van der Waals surface area contributed by atoms with Crippen LogP contribution in [0, 0.1) is 13.8 Å². The molecule has 0 N–H and O–H groups in total. The molecule has 2 aromatic heterocycles. The summed E-state index contributed by atoms with van der Waals surface area (Å²) in [5, 5.41) is 0. The zero-order chi connectivity index (χ0) is 14.5. The Balaban J connectivity index is 2.10. The summed E-state index contributed by atoms with van der Waals surface area (Å²) in [5.41, 5.74) is 4.50. The van der Waals surface area contributed by atoms with Gasteiger partial charge in [0, 0.05) is 42.8 Å². The molecule has 0 aliphatic carbocycles. The van der Waals surface area contributed by atoms with Crippen molar-refractivity contribution in [3.63, 3.8) is 0 Å². The smallest absolute Gasteiger partial charge is 0.128 e. The molecular weight excluding hydrogens is 250 g/mol. The number of pyridine rings is 2. The predicted octanol–water partition coefficient (Wildman–Crippen LogP) is 2.73. The van der Waals surface area contributed by atoms with Gasteiger partial charge in [0.2, 0.25) is 0 Å². The van der Waals surface area contributed by atoms with E-state index in [4.69, 9.17) is 4.74 Å². The number of nitrogens with zero attached hydrogens (tertiary/aromatic N) is 3. The van der Waals surface area contributed by atoms with E-state index in [1.54, 1.807) is 7.11 Å². The Morgan fingerprint density at radius 2 is 1.85 bits per heavy atom. The van der Waals surface area contributed by atoms with Crippen molar-refractivity contribution in [3.05, 3.63) is 53.1 Å². The van der Waals surface area contributed by atoms with Crippen molar-refractivity contribution in [2.45, 2.75) is 26.9 Å². The fourth-order valence-electron chi connectivity index (χ4n) is 2.34. The summed E-state index contributed by atoms with van der Waals surface area (Å²) in [7, 11) is 3.80. The number of hydrogen-bond donors (Lipinski definition) is 0. The van der Waals surface area contributed by atoms with Crippen LogP contribution in [0.3, 0.4) is 0 Å². The fourth-order valence-corrected chi connectivity index (χ4v) is 2.34. The normalized spacial score (nSPS) is 10.8. The minimum absolute atomic E-state index is 0.796. The maximum absolute atomic E-state index is 5.45. The van der Waals surface area contributed by atoms with Crippen molar-refractivity contribution in [1.82, 2.24) is 14.9 Å². The minimum atomic E-state index is 0.796. The third-order valence-electron chi connectivity index (χ3n) is 3.37. The molecular formula is C16H21N3O. The zero-order valence-corrected chi connectivity index (χ0v) is 12.6. The van der Waals surface area contributed by atoms with E-state index >= 15 is 0 Å². The number of hydrogen-bond acceptors (Lipinski definition) is 4. The maximum Gasteiger partial charge on any atom is 0.128 e. The Morgan fingerprint density at radius 1 is 1.15 bits per heavy atom. The summed E-state index contributed by atoms with van der Waals surface area (Å²) >= 11 is 0. The van der Waals surface area contributed by atoms with E-state index in [1.807, 2.05) is 37.6 Å².